The summed E-state index contributed by atoms with van der Waals surface area (Å²) in [4.78, 5) is 23.8. The smallest absolute Gasteiger partial charge is 0.341 e. The molecule has 4 rings (SSSR count). The van der Waals surface area contributed by atoms with Crippen LogP contribution in [0.1, 0.15) is 23.2 Å². The van der Waals surface area contributed by atoms with Gasteiger partial charge in [0, 0.05) is 18.8 Å². The van der Waals surface area contributed by atoms with Crippen molar-refractivity contribution in [2.24, 2.45) is 5.92 Å². The van der Waals surface area contributed by atoms with Crippen LogP contribution in [0.25, 0.3) is 10.9 Å². The number of hydrogen-bond donors (Lipinski definition) is 2. The predicted octanol–water partition coefficient (Wildman–Crippen LogP) is 1.16. The van der Waals surface area contributed by atoms with Gasteiger partial charge in [-0.3, -0.25) is 9.47 Å². The number of benzene rings is 1. The molecule has 3 heterocycles. The molecule has 126 valence electrons. The highest BCUT2D eigenvalue weighted by atomic mass is 19.1. The lowest BCUT2D eigenvalue weighted by molar-refractivity contribution is 0.0695. The quantitative estimate of drug-likeness (QED) is 0.864. The summed E-state index contributed by atoms with van der Waals surface area (Å²) >= 11 is 0. The Morgan fingerprint density at radius 1 is 1.33 bits per heavy atom. The van der Waals surface area contributed by atoms with Crippen LogP contribution in [0.4, 0.5) is 4.39 Å². The monoisotopic (exact) mass is 331 g/mol. The molecule has 0 radical (unpaired) electrons. The van der Waals surface area contributed by atoms with Crippen molar-refractivity contribution in [3.05, 3.63) is 46.0 Å². The van der Waals surface area contributed by atoms with Gasteiger partial charge in [0.2, 0.25) is 5.43 Å². The number of pyridine rings is 1. The molecule has 0 bridgehead atoms. The highest BCUT2D eigenvalue weighted by molar-refractivity contribution is 5.92. The first-order chi connectivity index (χ1) is 11.5. The van der Waals surface area contributed by atoms with Crippen LogP contribution in [0.5, 0.6) is 0 Å². The van der Waals surface area contributed by atoms with Crippen molar-refractivity contribution < 1.29 is 14.3 Å². The van der Waals surface area contributed by atoms with E-state index >= 15 is 0 Å². The number of aromatic nitrogens is 1. The van der Waals surface area contributed by atoms with E-state index in [4.69, 9.17) is 0 Å². The van der Waals surface area contributed by atoms with Gasteiger partial charge in [-0.1, -0.05) is 0 Å². The zero-order valence-electron chi connectivity index (χ0n) is 13.0. The Morgan fingerprint density at radius 3 is 2.92 bits per heavy atom. The summed E-state index contributed by atoms with van der Waals surface area (Å²) in [7, 11) is 0. The van der Waals surface area contributed by atoms with Gasteiger partial charge in [-0.2, -0.15) is 0 Å². The van der Waals surface area contributed by atoms with Gasteiger partial charge in [0.1, 0.15) is 11.4 Å². The minimum atomic E-state index is -1.30. The molecule has 2 aromatic rings. The summed E-state index contributed by atoms with van der Waals surface area (Å²) in [6.45, 7) is 2.51. The number of piperidine rings is 1. The third kappa shape index (κ3) is 2.36. The van der Waals surface area contributed by atoms with Gasteiger partial charge in [-0.15, -0.1) is 0 Å². The SMILES string of the molecule is O=C(O)c1cn(N2CC3CCCNC3C2)c2ccc(F)cc2c1=O. The van der Waals surface area contributed by atoms with Gasteiger partial charge >= 0.3 is 5.97 Å². The van der Waals surface area contributed by atoms with Crippen LogP contribution in [0.3, 0.4) is 0 Å². The first-order valence-corrected chi connectivity index (χ1v) is 8.11. The number of aromatic carboxylic acids is 1. The van der Waals surface area contributed by atoms with Gasteiger partial charge in [0.05, 0.1) is 17.4 Å². The molecule has 2 atom stereocenters. The van der Waals surface area contributed by atoms with Crippen LogP contribution in [0.15, 0.2) is 29.2 Å². The number of nitrogens with zero attached hydrogens (tertiary/aromatic N) is 2. The molecule has 24 heavy (non-hydrogen) atoms. The highest BCUT2D eigenvalue weighted by Crippen LogP contribution is 2.25. The normalized spacial score (nSPS) is 23.5. The summed E-state index contributed by atoms with van der Waals surface area (Å²) in [5, 5.41) is 15.0. The molecular weight excluding hydrogens is 313 g/mol. The number of carboxylic acid groups (broad SMARTS) is 1. The van der Waals surface area contributed by atoms with E-state index in [9.17, 15) is 19.1 Å². The van der Waals surface area contributed by atoms with Crippen LogP contribution in [0.2, 0.25) is 0 Å². The van der Waals surface area contributed by atoms with Gasteiger partial charge in [0.15, 0.2) is 0 Å². The maximum absolute atomic E-state index is 13.6. The lowest BCUT2D eigenvalue weighted by atomic mass is 9.94. The number of fused-ring (bicyclic) bond motifs is 2. The van der Waals surface area contributed by atoms with Gasteiger partial charge < -0.3 is 15.4 Å². The van der Waals surface area contributed by atoms with E-state index in [-0.39, 0.29) is 10.9 Å². The van der Waals surface area contributed by atoms with Crippen molar-refractivity contribution >= 4 is 16.9 Å². The Balaban J connectivity index is 1.87. The number of hydrogen-bond acceptors (Lipinski definition) is 4. The van der Waals surface area contributed by atoms with Crippen molar-refractivity contribution in [2.45, 2.75) is 18.9 Å². The summed E-state index contributed by atoms with van der Waals surface area (Å²) in [6.07, 6.45) is 3.63. The van der Waals surface area contributed by atoms with Crippen LogP contribution in [-0.2, 0) is 0 Å². The molecule has 0 spiro atoms. The molecule has 0 amide bonds. The lowest BCUT2D eigenvalue weighted by Gasteiger charge is -2.24. The predicted molar refractivity (Wildman–Crippen MR) is 87.6 cm³/mol. The Morgan fingerprint density at radius 2 is 2.17 bits per heavy atom. The van der Waals surface area contributed by atoms with Crippen molar-refractivity contribution in [1.82, 2.24) is 9.99 Å². The zero-order valence-corrected chi connectivity index (χ0v) is 13.0. The van der Waals surface area contributed by atoms with Crippen molar-refractivity contribution in [1.29, 1.82) is 0 Å². The molecule has 0 aliphatic carbocycles. The third-order valence-corrected chi connectivity index (χ3v) is 5.06. The van der Waals surface area contributed by atoms with E-state index in [0.29, 0.717) is 17.5 Å². The summed E-state index contributed by atoms with van der Waals surface area (Å²) < 4.78 is 15.3. The average molecular weight is 331 g/mol. The Bertz CT molecular complexity index is 865. The minimum absolute atomic E-state index is 0.0951. The Hall–Kier alpha value is -2.41. The number of carboxylic acids is 1. The van der Waals surface area contributed by atoms with Crippen LogP contribution < -0.4 is 15.8 Å². The number of nitrogens with one attached hydrogen (secondary N) is 1. The fourth-order valence-electron chi connectivity index (χ4n) is 3.87. The molecule has 2 saturated heterocycles. The first-order valence-electron chi connectivity index (χ1n) is 8.11. The maximum Gasteiger partial charge on any atom is 0.341 e. The summed E-state index contributed by atoms with van der Waals surface area (Å²) in [6, 6.07) is 4.30. The first kappa shape index (κ1) is 15.1. The number of rotatable bonds is 2. The molecule has 1 aromatic heterocycles. The van der Waals surface area contributed by atoms with Gasteiger partial charge in [0.25, 0.3) is 0 Å². The van der Waals surface area contributed by atoms with Crippen molar-refractivity contribution in [2.75, 3.05) is 24.6 Å². The largest absolute Gasteiger partial charge is 0.477 e. The van der Waals surface area contributed by atoms with E-state index < -0.39 is 17.2 Å². The standard InChI is InChI=1S/C17H18FN3O3/c18-11-3-4-15-12(6-11)16(22)13(17(23)24)8-21(15)20-7-10-2-1-5-19-14(10)9-20/h3-4,6,8,10,14,19H,1-2,5,7,9H2,(H,23,24). The molecule has 6 nitrogen and oxygen atoms in total. The fourth-order valence-corrected chi connectivity index (χ4v) is 3.87. The molecular formula is C17H18FN3O3. The summed E-state index contributed by atoms with van der Waals surface area (Å²) in [5.74, 6) is -1.35. The molecule has 2 unspecified atom stereocenters. The van der Waals surface area contributed by atoms with Crippen LogP contribution in [-0.4, -0.2) is 41.4 Å². The molecule has 2 aliphatic rings. The molecule has 0 saturated carbocycles. The maximum atomic E-state index is 13.6. The Kier molecular flexibility index (Phi) is 3.53. The van der Waals surface area contributed by atoms with Crippen LogP contribution >= 0.6 is 0 Å². The minimum Gasteiger partial charge on any atom is -0.477 e. The Labute approximate surface area is 137 Å². The van der Waals surface area contributed by atoms with Crippen LogP contribution in [0, 0.1) is 11.7 Å². The zero-order chi connectivity index (χ0) is 16.8. The van der Waals surface area contributed by atoms with E-state index in [2.05, 4.69) is 5.32 Å². The molecule has 2 fully saturated rings. The highest BCUT2D eigenvalue weighted by Gasteiger charge is 2.35. The van der Waals surface area contributed by atoms with E-state index in [1.807, 2.05) is 5.01 Å². The van der Waals surface area contributed by atoms with E-state index in [1.54, 1.807) is 4.68 Å². The molecule has 1 aromatic carbocycles. The third-order valence-electron chi connectivity index (χ3n) is 5.06. The number of halogens is 1. The summed E-state index contributed by atoms with van der Waals surface area (Å²) in [5.41, 5.74) is -0.455. The topological polar surface area (TPSA) is 74.6 Å². The second-order valence-electron chi connectivity index (χ2n) is 6.52. The number of carbonyl (C=O) groups is 1. The molecule has 2 aliphatic heterocycles. The fraction of sp³-hybridized carbons (Fsp3) is 0.412. The van der Waals surface area contributed by atoms with Gasteiger partial charge in [-0.25, -0.2) is 9.18 Å². The molecule has 7 heteroatoms. The van der Waals surface area contributed by atoms with Crippen molar-refractivity contribution in [3.8, 4) is 0 Å². The van der Waals surface area contributed by atoms with Crippen molar-refractivity contribution in [3.63, 3.8) is 0 Å². The second kappa shape index (κ2) is 5.59. The van der Waals surface area contributed by atoms with E-state index in [0.717, 1.165) is 38.5 Å². The van der Waals surface area contributed by atoms with Gasteiger partial charge in [-0.05, 0) is 43.5 Å². The molecule has 2 N–H and O–H groups in total. The lowest BCUT2D eigenvalue weighted by Crippen LogP contribution is -2.41. The average Bonchev–Trinajstić information content (AvgIpc) is 2.99. The second-order valence-corrected chi connectivity index (χ2v) is 6.52. The van der Waals surface area contributed by atoms with E-state index in [1.165, 1.54) is 18.3 Å².